The Morgan fingerprint density at radius 3 is 2.69 bits per heavy atom. The van der Waals surface area contributed by atoms with Crippen molar-refractivity contribution in [1.29, 1.82) is 0 Å². The number of hydrogen-bond donors (Lipinski definition) is 1. The molecule has 0 aliphatic carbocycles. The van der Waals surface area contributed by atoms with Crippen molar-refractivity contribution in [1.82, 2.24) is 25.2 Å². The third-order valence-electron chi connectivity index (χ3n) is 6.12. The molecule has 6 heteroatoms. The highest BCUT2D eigenvalue weighted by atomic mass is 16.2. The summed E-state index contributed by atoms with van der Waals surface area (Å²) >= 11 is 0. The van der Waals surface area contributed by atoms with Gasteiger partial charge in [-0.15, -0.1) is 6.58 Å². The monoisotopic (exact) mass is 427 g/mol. The fourth-order valence-corrected chi connectivity index (χ4v) is 4.63. The molecule has 3 aromatic rings. The minimum atomic E-state index is -0.514. The van der Waals surface area contributed by atoms with E-state index in [1.54, 1.807) is 6.08 Å². The maximum atomic E-state index is 13.5. The molecule has 4 rings (SSSR count). The van der Waals surface area contributed by atoms with Crippen molar-refractivity contribution >= 4 is 5.91 Å². The zero-order chi connectivity index (χ0) is 22.2. The highest BCUT2D eigenvalue weighted by Crippen LogP contribution is 2.37. The van der Waals surface area contributed by atoms with Crippen LogP contribution in [0.3, 0.4) is 0 Å². The van der Waals surface area contributed by atoms with Gasteiger partial charge >= 0.3 is 0 Å². The maximum absolute atomic E-state index is 13.5. The second-order valence-corrected chi connectivity index (χ2v) is 8.41. The lowest BCUT2D eigenvalue weighted by atomic mass is 9.73. The quantitative estimate of drug-likeness (QED) is 0.556. The summed E-state index contributed by atoms with van der Waals surface area (Å²) in [6.07, 6.45) is 13.1. The Bertz CT molecular complexity index is 1040. The summed E-state index contributed by atoms with van der Waals surface area (Å²) in [6, 6.07) is 12.3. The molecule has 1 N–H and O–H groups in total. The van der Waals surface area contributed by atoms with Gasteiger partial charge in [-0.05, 0) is 54.6 Å². The lowest BCUT2D eigenvalue weighted by Crippen LogP contribution is -2.53. The first-order chi connectivity index (χ1) is 15.7. The average molecular weight is 428 g/mol. The minimum Gasteiger partial charge on any atom is -0.352 e. The fraction of sp³-hybridized carbons (Fsp3) is 0.308. The zero-order valence-corrected chi connectivity index (χ0v) is 18.3. The predicted molar refractivity (Wildman–Crippen MR) is 126 cm³/mol. The lowest BCUT2D eigenvalue weighted by Gasteiger charge is -2.42. The third kappa shape index (κ3) is 5.08. The molecule has 32 heavy (non-hydrogen) atoms. The van der Waals surface area contributed by atoms with Crippen LogP contribution in [0.25, 0.3) is 11.1 Å². The van der Waals surface area contributed by atoms with E-state index in [0.717, 1.165) is 42.6 Å². The van der Waals surface area contributed by atoms with E-state index in [0.29, 0.717) is 19.5 Å². The number of nitrogens with zero attached hydrogens (tertiary/aromatic N) is 4. The first kappa shape index (κ1) is 21.8. The number of hydrogen-bond acceptors (Lipinski definition) is 5. The highest BCUT2D eigenvalue weighted by molar-refractivity contribution is 5.84. The number of amides is 1. The third-order valence-corrected chi connectivity index (χ3v) is 6.12. The molecule has 1 aliphatic heterocycles. The Labute approximate surface area is 189 Å². The van der Waals surface area contributed by atoms with Gasteiger partial charge in [0.1, 0.15) is 6.33 Å². The predicted octanol–water partition coefficient (Wildman–Crippen LogP) is 3.67. The molecular weight excluding hydrogens is 398 g/mol. The van der Waals surface area contributed by atoms with Crippen molar-refractivity contribution in [2.75, 3.05) is 19.6 Å². The van der Waals surface area contributed by atoms with Gasteiger partial charge in [-0.1, -0.05) is 30.3 Å². The van der Waals surface area contributed by atoms with E-state index in [2.05, 4.69) is 43.9 Å². The summed E-state index contributed by atoms with van der Waals surface area (Å²) in [5.74, 6) is 0.0935. The SMILES string of the molecule is C=CCNC(=O)[C@]1(Cc2ccccc2-c2cncnc2)CCCN(Cc2ccncc2)C1. The second kappa shape index (κ2) is 10.3. The Hall–Kier alpha value is -3.38. The number of nitrogens with one attached hydrogen (secondary N) is 1. The van der Waals surface area contributed by atoms with E-state index < -0.39 is 5.41 Å². The molecule has 1 amide bonds. The molecule has 6 nitrogen and oxygen atoms in total. The van der Waals surface area contributed by atoms with Crippen LogP contribution < -0.4 is 5.32 Å². The van der Waals surface area contributed by atoms with E-state index >= 15 is 0 Å². The van der Waals surface area contributed by atoms with Crippen LogP contribution in [0.5, 0.6) is 0 Å². The summed E-state index contributed by atoms with van der Waals surface area (Å²) in [5, 5.41) is 3.09. The van der Waals surface area contributed by atoms with Crippen molar-refractivity contribution in [3.05, 3.63) is 91.3 Å². The van der Waals surface area contributed by atoms with Crippen LogP contribution in [0.1, 0.15) is 24.0 Å². The van der Waals surface area contributed by atoms with Crippen LogP contribution in [0.2, 0.25) is 0 Å². The standard InChI is InChI=1S/C26H29N5O/c1-2-11-30-25(32)26(10-5-14-31(19-26)18-21-8-12-27-13-9-21)15-22-6-3-4-7-24(22)23-16-28-20-29-17-23/h2-4,6-9,12-13,16-17,20H,1,5,10-11,14-15,18-19H2,(H,30,32)/t26-/m0/s1. The number of piperidine rings is 1. The van der Waals surface area contributed by atoms with Gasteiger partial charge in [0.15, 0.2) is 0 Å². The molecule has 3 heterocycles. The number of carbonyl (C=O) groups excluding carboxylic acids is 1. The normalized spacial score (nSPS) is 18.8. The average Bonchev–Trinajstić information content (AvgIpc) is 2.84. The molecule has 2 aromatic heterocycles. The number of rotatable bonds is 8. The molecule has 0 saturated carbocycles. The van der Waals surface area contributed by atoms with Crippen LogP contribution in [0.15, 0.2) is 80.2 Å². The molecule has 0 spiro atoms. The van der Waals surface area contributed by atoms with Crippen molar-refractivity contribution in [3.63, 3.8) is 0 Å². The number of likely N-dealkylation sites (tertiary alicyclic amines) is 1. The van der Waals surface area contributed by atoms with Crippen molar-refractivity contribution in [2.24, 2.45) is 5.41 Å². The largest absolute Gasteiger partial charge is 0.352 e. The summed E-state index contributed by atoms with van der Waals surface area (Å²) in [5.41, 5.74) is 3.88. The van der Waals surface area contributed by atoms with E-state index in [4.69, 9.17) is 0 Å². The molecule has 0 radical (unpaired) electrons. The highest BCUT2D eigenvalue weighted by Gasteiger charge is 2.42. The van der Waals surface area contributed by atoms with Crippen LogP contribution in [0, 0.1) is 5.41 Å². The van der Waals surface area contributed by atoms with Crippen molar-refractivity contribution < 1.29 is 4.79 Å². The van der Waals surface area contributed by atoms with E-state index in [-0.39, 0.29) is 5.91 Å². The van der Waals surface area contributed by atoms with Gasteiger partial charge in [-0.25, -0.2) is 9.97 Å². The summed E-state index contributed by atoms with van der Waals surface area (Å²) in [4.78, 5) is 28.4. The first-order valence-electron chi connectivity index (χ1n) is 11.0. The van der Waals surface area contributed by atoms with Crippen LogP contribution in [-0.4, -0.2) is 45.4 Å². The zero-order valence-electron chi connectivity index (χ0n) is 18.3. The van der Waals surface area contributed by atoms with Crippen molar-refractivity contribution in [2.45, 2.75) is 25.8 Å². The molecule has 1 saturated heterocycles. The molecule has 1 aliphatic rings. The van der Waals surface area contributed by atoms with Gasteiger partial charge in [-0.2, -0.15) is 0 Å². The van der Waals surface area contributed by atoms with E-state index in [9.17, 15) is 4.79 Å². The lowest BCUT2D eigenvalue weighted by molar-refractivity contribution is -0.134. The van der Waals surface area contributed by atoms with Gasteiger partial charge in [0.2, 0.25) is 5.91 Å². The van der Waals surface area contributed by atoms with Gasteiger partial charge in [0, 0.05) is 50.0 Å². The topological polar surface area (TPSA) is 71.0 Å². The van der Waals surface area contributed by atoms with Crippen molar-refractivity contribution in [3.8, 4) is 11.1 Å². The van der Waals surface area contributed by atoms with Crippen LogP contribution in [0.4, 0.5) is 0 Å². The summed E-state index contributed by atoms with van der Waals surface area (Å²) in [6.45, 7) is 6.73. The number of aromatic nitrogens is 3. The Morgan fingerprint density at radius 1 is 1.12 bits per heavy atom. The molecule has 164 valence electrons. The molecule has 0 unspecified atom stereocenters. The van der Waals surface area contributed by atoms with Gasteiger partial charge < -0.3 is 5.32 Å². The van der Waals surface area contributed by atoms with E-state index in [1.165, 1.54) is 11.9 Å². The number of benzene rings is 1. The van der Waals surface area contributed by atoms with E-state index in [1.807, 2.05) is 49.1 Å². The second-order valence-electron chi connectivity index (χ2n) is 8.41. The summed E-state index contributed by atoms with van der Waals surface area (Å²) in [7, 11) is 0. The Kier molecular flexibility index (Phi) is 7.02. The van der Waals surface area contributed by atoms with Crippen LogP contribution in [-0.2, 0) is 17.8 Å². The smallest absolute Gasteiger partial charge is 0.228 e. The first-order valence-corrected chi connectivity index (χ1v) is 11.0. The van der Waals surface area contributed by atoms with Crippen LogP contribution >= 0.6 is 0 Å². The minimum absolute atomic E-state index is 0.0935. The summed E-state index contributed by atoms with van der Waals surface area (Å²) < 4.78 is 0. The molecular formula is C26H29N5O. The number of pyridine rings is 1. The fourth-order valence-electron chi connectivity index (χ4n) is 4.63. The Morgan fingerprint density at radius 2 is 1.91 bits per heavy atom. The Balaban J connectivity index is 1.64. The number of carbonyl (C=O) groups is 1. The van der Waals surface area contributed by atoms with Gasteiger partial charge in [-0.3, -0.25) is 14.7 Å². The maximum Gasteiger partial charge on any atom is 0.228 e. The van der Waals surface area contributed by atoms with Gasteiger partial charge in [0.05, 0.1) is 5.41 Å². The van der Waals surface area contributed by atoms with Gasteiger partial charge in [0.25, 0.3) is 0 Å². The molecule has 1 fully saturated rings. The molecule has 1 atom stereocenters. The molecule has 0 bridgehead atoms. The molecule has 1 aromatic carbocycles.